The van der Waals surface area contributed by atoms with Gasteiger partial charge in [0.2, 0.25) is 5.78 Å². The number of rotatable bonds is 3. The van der Waals surface area contributed by atoms with Crippen molar-refractivity contribution in [2.75, 3.05) is 10.8 Å². The highest BCUT2D eigenvalue weighted by atomic mass is 32.2. The van der Waals surface area contributed by atoms with Crippen molar-refractivity contribution in [3.8, 4) is 12.3 Å². The fourth-order valence-electron chi connectivity index (χ4n) is 2.62. The Kier molecular flexibility index (Phi) is 3.94. The SMILES string of the molecule is C#CCN1c2nccnc2C(=O)C(c2ccccc2[N+](=O)[O-])S1(=O)=O. The van der Waals surface area contributed by atoms with Gasteiger partial charge in [0.05, 0.1) is 17.0 Å². The Balaban J connectivity index is 2.31. The number of sulfonamides is 1. The molecule has 126 valence electrons. The van der Waals surface area contributed by atoms with Crippen LogP contribution in [0.15, 0.2) is 36.7 Å². The van der Waals surface area contributed by atoms with Crippen LogP contribution in [0.25, 0.3) is 0 Å². The molecule has 1 aromatic heterocycles. The van der Waals surface area contributed by atoms with E-state index in [9.17, 15) is 23.3 Å². The van der Waals surface area contributed by atoms with Crippen molar-refractivity contribution in [1.29, 1.82) is 0 Å². The van der Waals surface area contributed by atoms with Gasteiger partial charge in [-0.05, 0) is 0 Å². The van der Waals surface area contributed by atoms with Gasteiger partial charge in [-0.25, -0.2) is 22.7 Å². The van der Waals surface area contributed by atoms with Gasteiger partial charge in [-0.1, -0.05) is 24.1 Å². The first-order valence-electron chi connectivity index (χ1n) is 6.93. The lowest BCUT2D eigenvalue weighted by molar-refractivity contribution is -0.385. The van der Waals surface area contributed by atoms with E-state index in [0.29, 0.717) is 0 Å². The molecule has 0 amide bonds. The standard InChI is InChI=1S/C15H10N4O5S/c1-2-9-18-15-12(16-7-8-17-15)13(20)14(25(18,23)24)10-5-3-4-6-11(10)19(21)22/h1,3-8,14H,9H2. The summed E-state index contributed by atoms with van der Waals surface area (Å²) in [7, 11) is -4.36. The van der Waals surface area contributed by atoms with Gasteiger partial charge in [0.25, 0.3) is 15.7 Å². The van der Waals surface area contributed by atoms with E-state index < -0.39 is 31.7 Å². The van der Waals surface area contributed by atoms with Crippen LogP contribution in [0.3, 0.4) is 0 Å². The quantitative estimate of drug-likeness (QED) is 0.457. The number of hydrogen-bond donors (Lipinski definition) is 0. The lowest BCUT2D eigenvalue weighted by atomic mass is 10.0. The van der Waals surface area contributed by atoms with Gasteiger partial charge in [0, 0.05) is 18.5 Å². The first-order chi connectivity index (χ1) is 11.9. The van der Waals surface area contributed by atoms with E-state index in [1.807, 2.05) is 0 Å². The number of hydrogen-bond acceptors (Lipinski definition) is 7. The van der Waals surface area contributed by atoms with Crippen LogP contribution in [0.1, 0.15) is 21.3 Å². The maximum absolute atomic E-state index is 13.0. The second kappa shape index (κ2) is 5.95. The second-order valence-corrected chi connectivity index (χ2v) is 6.99. The third kappa shape index (κ3) is 2.50. The number of ketones is 1. The molecular formula is C15H10N4O5S. The molecule has 10 heteroatoms. The van der Waals surface area contributed by atoms with E-state index in [4.69, 9.17) is 6.42 Å². The smallest absolute Gasteiger partial charge is 0.274 e. The number of fused-ring (bicyclic) bond motifs is 1. The van der Waals surface area contributed by atoms with Gasteiger partial charge in [0.1, 0.15) is 0 Å². The topological polar surface area (TPSA) is 123 Å². The predicted molar refractivity (Wildman–Crippen MR) is 87.3 cm³/mol. The zero-order chi connectivity index (χ0) is 18.2. The number of terminal acetylenes is 1. The molecule has 3 rings (SSSR count). The van der Waals surface area contributed by atoms with Crippen molar-refractivity contribution < 1.29 is 18.1 Å². The van der Waals surface area contributed by atoms with E-state index in [0.717, 1.165) is 10.4 Å². The molecule has 1 aromatic carbocycles. The van der Waals surface area contributed by atoms with Crippen molar-refractivity contribution in [3.63, 3.8) is 0 Å². The van der Waals surface area contributed by atoms with Crippen molar-refractivity contribution in [2.24, 2.45) is 0 Å². The number of Topliss-reactive ketones (excluding diaryl/α,β-unsaturated/α-hetero) is 1. The summed E-state index contributed by atoms with van der Waals surface area (Å²) in [4.78, 5) is 31.1. The van der Waals surface area contributed by atoms with Crippen LogP contribution in [0.2, 0.25) is 0 Å². The van der Waals surface area contributed by atoms with Crippen LogP contribution >= 0.6 is 0 Å². The fourth-order valence-corrected chi connectivity index (χ4v) is 4.41. The van der Waals surface area contributed by atoms with Crippen molar-refractivity contribution in [2.45, 2.75) is 5.25 Å². The maximum atomic E-state index is 13.0. The molecule has 25 heavy (non-hydrogen) atoms. The number of aromatic nitrogens is 2. The van der Waals surface area contributed by atoms with E-state index in [-0.39, 0.29) is 23.6 Å². The molecule has 0 N–H and O–H groups in total. The predicted octanol–water partition coefficient (Wildman–Crippen LogP) is 1.09. The van der Waals surface area contributed by atoms with Gasteiger partial charge >= 0.3 is 0 Å². The Morgan fingerprint density at radius 1 is 1.28 bits per heavy atom. The molecule has 2 heterocycles. The largest absolute Gasteiger partial charge is 0.290 e. The Bertz CT molecular complexity index is 1030. The lowest BCUT2D eigenvalue weighted by Gasteiger charge is -2.31. The molecule has 0 spiro atoms. The summed E-state index contributed by atoms with van der Waals surface area (Å²) in [5, 5.41) is 9.45. The highest BCUT2D eigenvalue weighted by molar-refractivity contribution is 7.94. The molecule has 0 aliphatic carbocycles. The zero-order valence-corrected chi connectivity index (χ0v) is 13.4. The average molecular weight is 358 g/mol. The number of carbonyl (C=O) groups excluding carboxylic acids is 1. The van der Waals surface area contributed by atoms with Gasteiger partial charge in [-0.15, -0.1) is 6.42 Å². The monoisotopic (exact) mass is 358 g/mol. The minimum atomic E-state index is -4.36. The van der Waals surface area contributed by atoms with Crippen molar-refractivity contribution in [3.05, 3.63) is 58.0 Å². The van der Waals surface area contributed by atoms with Crippen LogP contribution in [0, 0.1) is 22.5 Å². The molecule has 1 atom stereocenters. The molecular weight excluding hydrogens is 348 g/mol. The molecule has 9 nitrogen and oxygen atoms in total. The third-order valence-electron chi connectivity index (χ3n) is 3.64. The molecule has 0 fully saturated rings. The maximum Gasteiger partial charge on any atom is 0.274 e. The first-order valence-corrected chi connectivity index (χ1v) is 8.43. The average Bonchev–Trinajstić information content (AvgIpc) is 2.59. The summed E-state index contributed by atoms with van der Waals surface area (Å²) < 4.78 is 26.7. The molecule has 1 aliphatic heterocycles. The summed E-state index contributed by atoms with van der Waals surface area (Å²) >= 11 is 0. The number of nitrogens with zero attached hydrogens (tertiary/aromatic N) is 4. The Morgan fingerprint density at radius 3 is 2.64 bits per heavy atom. The number of nitro groups is 1. The van der Waals surface area contributed by atoms with Crippen LogP contribution in [-0.2, 0) is 10.0 Å². The highest BCUT2D eigenvalue weighted by Crippen LogP contribution is 2.40. The third-order valence-corrected chi connectivity index (χ3v) is 5.62. The number of nitro benzene ring substituents is 1. The molecule has 1 aliphatic rings. The summed E-state index contributed by atoms with van der Waals surface area (Å²) in [6, 6.07) is 5.17. The van der Waals surface area contributed by atoms with E-state index in [1.165, 1.54) is 30.6 Å². The summed E-state index contributed by atoms with van der Waals surface area (Å²) in [5.74, 6) is 1.13. The van der Waals surface area contributed by atoms with E-state index in [2.05, 4.69) is 15.9 Å². The zero-order valence-electron chi connectivity index (χ0n) is 12.6. The molecule has 2 aromatic rings. The molecule has 0 saturated heterocycles. The highest BCUT2D eigenvalue weighted by Gasteiger charge is 2.49. The Labute approximate surface area is 142 Å². The number of anilines is 1. The minimum Gasteiger partial charge on any atom is -0.290 e. The number of carbonyl (C=O) groups is 1. The molecule has 1 unspecified atom stereocenters. The lowest BCUT2D eigenvalue weighted by Crippen LogP contribution is -2.44. The minimum absolute atomic E-state index is 0.180. The van der Waals surface area contributed by atoms with Crippen LogP contribution in [0.4, 0.5) is 11.5 Å². The fraction of sp³-hybridized carbons (Fsp3) is 0.133. The number of benzene rings is 1. The van der Waals surface area contributed by atoms with Crippen molar-refractivity contribution >= 4 is 27.3 Å². The molecule has 0 saturated carbocycles. The summed E-state index contributed by atoms with van der Waals surface area (Å²) in [5.41, 5.74) is -0.913. The van der Waals surface area contributed by atoms with Crippen LogP contribution < -0.4 is 4.31 Å². The first kappa shape index (κ1) is 16.5. The van der Waals surface area contributed by atoms with Gasteiger partial charge in [0.15, 0.2) is 16.8 Å². The number of para-hydroxylation sites is 1. The molecule has 0 bridgehead atoms. The van der Waals surface area contributed by atoms with Gasteiger partial charge in [-0.3, -0.25) is 14.9 Å². The summed E-state index contributed by atoms with van der Waals surface area (Å²) in [6.07, 6.45) is 7.70. The summed E-state index contributed by atoms with van der Waals surface area (Å²) in [6.45, 7) is -0.377. The Hall–Kier alpha value is -3.32. The van der Waals surface area contributed by atoms with Crippen molar-refractivity contribution in [1.82, 2.24) is 9.97 Å². The van der Waals surface area contributed by atoms with Crippen LogP contribution in [0.5, 0.6) is 0 Å². The Morgan fingerprint density at radius 2 is 1.96 bits per heavy atom. The van der Waals surface area contributed by atoms with Gasteiger partial charge < -0.3 is 0 Å². The van der Waals surface area contributed by atoms with E-state index in [1.54, 1.807) is 0 Å². The van der Waals surface area contributed by atoms with E-state index >= 15 is 0 Å². The normalized spacial score (nSPS) is 18.3. The van der Waals surface area contributed by atoms with Crippen LogP contribution in [-0.4, -0.2) is 35.6 Å². The van der Waals surface area contributed by atoms with Gasteiger partial charge in [-0.2, -0.15) is 0 Å². The second-order valence-electron chi connectivity index (χ2n) is 5.04. The molecule has 0 radical (unpaired) electrons.